The van der Waals surface area contributed by atoms with E-state index in [4.69, 9.17) is 4.74 Å². The summed E-state index contributed by atoms with van der Waals surface area (Å²) >= 11 is 0. The number of methoxy groups -OCH3 is 1. The molecule has 0 aliphatic carbocycles. The van der Waals surface area contributed by atoms with Crippen LogP contribution in [0.2, 0.25) is 0 Å². The summed E-state index contributed by atoms with van der Waals surface area (Å²) in [4.78, 5) is 11.0. The molecule has 0 amide bonds. The Labute approximate surface area is 120 Å². The van der Waals surface area contributed by atoms with Gasteiger partial charge in [-0.05, 0) is 32.4 Å². The van der Waals surface area contributed by atoms with Gasteiger partial charge in [0.15, 0.2) is 11.6 Å². The Morgan fingerprint density at radius 3 is 2.40 bits per heavy atom. The fourth-order valence-corrected chi connectivity index (χ4v) is 2.40. The van der Waals surface area contributed by atoms with E-state index in [1.165, 1.54) is 25.9 Å². The largest absolute Gasteiger partial charge is 0.490 e. The van der Waals surface area contributed by atoms with Gasteiger partial charge in [-0.3, -0.25) is 0 Å². The van der Waals surface area contributed by atoms with Crippen molar-refractivity contribution >= 4 is 11.6 Å². The SMILES string of the molecule is CCCNc1ncnc(NCCN2CCCC2)c1OC. The van der Waals surface area contributed by atoms with Gasteiger partial charge in [0.25, 0.3) is 0 Å². The molecule has 0 atom stereocenters. The van der Waals surface area contributed by atoms with Crippen LogP contribution in [0.25, 0.3) is 0 Å². The maximum Gasteiger partial charge on any atom is 0.204 e. The molecule has 6 nitrogen and oxygen atoms in total. The van der Waals surface area contributed by atoms with Crippen LogP contribution in [-0.4, -0.2) is 54.7 Å². The van der Waals surface area contributed by atoms with Crippen LogP contribution >= 0.6 is 0 Å². The van der Waals surface area contributed by atoms with Crippen LogP contribution in [0.3, 0.4) is 0 Å². The summed E-state index contributed by atoms with van der Waals surface area (Å²) in [5.74, 6) is 2.22. The van der Waals surface area contributed by atoms with Crippen molar-refractivity contribution in [2.24, 2.45) is 0 Å². The molecule has 0 bridgehead atoms. The lowest BCUT2D eigenvalue weighted by atomic mass is 10.4. The first kappa shape index (κ1) is 14.8. The quantitative estimate of drug-likeness (QED) is 0.757. The molecular weight excluding hydrogens is 254 g/mol. The van der Waals surface area contributed by atoms with Gasteiger partial charge in [0, 0.05) is 19.6 Å². The first-order valence-corrected chi connectivity index (χ1v) is 7.44. The first-order chi connectivity index (χ1) is 9.85. The summed E-state index contributed by atoms with van der Waals surface area (Å²) in [6.45, 7) is 7.35. The van der Waals surface area contributed by atoms with Crippen molar-refractivity contribution in [1.29, 1.82) is 0 Å². The minimum absolute atomic E-state index is 0.697. The zero-order chi connectivity index (χ0) is 14.2. The van der Waals surface area contributed by atoms with E-state index in [1.807, 2.05) is 0 Å². The molecular formula is C14H25N5O. The molecule has 0 spiro atoms. The van der Waals surface area contributed by atoms with Crippen molar-refractivity contribution in [2.75, 3.05) is 50.5 Å². The fourth-order valence-electron chi connectivity index (χ4n) is 2.40. The van der Waals surface area contributed by atoms with Crippen LogP contribution in [0.15, 0.2) is 6.33 Å². The Morgan fingerprint density at radius 1 is 1.15 bits per heavy atom. The maximum atomic E-state index is 5.43. The van der Waals surface area contributed by atoms with Gasteiger partial charge in [0.05, 0.1) is 7.11 Å². The number of nitrogens with one attached hydrogen (secondary N) is 2. The van der Waals surface area contributed by atoms with Crippen LogP contribution in [0, 0.1) is 0 Å². The van der Waals surface area contributed by atoms with E-state index in [-0.39, 0.29) is 0 Å². The van der Waals surface area contributed by atoms with Gasteiger partial charge in [-0.1, -0.05) is 6.92 Å². The Kier molecular flexibility index (Phi) is 5.86. The van der Waals surface area contributed by atoms with Crippen molar-refractivity contribution < 1.29 is 4.74 Å². The van der Waals surface area contributed by atoms with E-state index >= 15 is 0 Å². The van der Waals surface area contributed by atoms with E-state index in [1.54, 1.807) is 13.4 Å². The van der Waals surface area contributed by atoms with Crippen molar-refractivity contribution in [3.05, 3.63) is 6.33 Å². The zero-order valence-corrected chi connectivity index (χ0v) is 12.5. The molecule has 2 heterocycles. The highest BCUT2D eigenvalue weighted by Gasteiger charge is 2.13. The number of aromatic nitrogens is 2. The predicted molar refractivity (Wildman–Crippen MR) is 81.5 cm³/mol. The molecule has 6 heteroatoms. The smallest absolute Gasteiger partial charge is 0.204 e. The van der Waals surface area contributed by atoms with E-state index < -0.39 is 0 Å². The van der Waals surface area contributed by atoms with Gasteiger partial charge in [-0.2, -0.15) is 0 Å². The fraction of sp³-hybridized carbons (Fsp3) is 0.714. The Morgan fingerprint density at radius 2 is 1.80 bits per heavy atom. The lowest BCUT2D eigenvalue weighted by Crippen LogP contribution is -2.26. The average Bonchev–Trinajstić information content (AvgIpc) is 2.98. The molecule has 1 aromatic heterocycles. The Bertz CT molecular complexity index is 407. The molecule has 0 unspecified atom stereocenters. The van der Waals surface area contributed by atoms with Crippen molar-refractivity contribution in [3.8, 4) is 5.75 Å². The Balaban J connectivity index is 1.91. The highest BCUT2D eigenvalue weighted by Crippen LogP contribution is 2.28. The number of nitrogens with zero attached hydrogens (tertiary/aromatic N) is 3. The zero-order valence-electron chi connectivity index (χ0n) is 12.5. The van der Waals surface area contributed by atoms with Gasteiger partial charge < -0.3 is 20.3 Å². The molecule has 20 heavy (non-hydrogen) atoms. The number of hydrogen-bond donors (Lipinski definition) is 2. The first-order valence-electron chi connectivity index (χ1n) is 7.44. The van der Waals surface area contributed by atoms with E-state index in [0.29, 0.717) is 5.75 Å². The third-order valence-corrected chi connectivity index (χ3v) is 3.47. The second kappa shape index (κ2) is 7.89. The molecule has 0 saturated carbocycles. The van der Waals surface area contributed by atoms with Gasteiger partial charge in [0.2, 0.25) is 5.75 Å². The number of anilines is 2. The summed E-state index contributed by atoms with van der Waals surface area (Å²) in [5, 5.41) is 6.61. The summed E-state index contributed by atoms with van der Waals surface area (Å²) in [6.07, 6.45) is 5.26. The van der Waals surface area contributed by atoms with Crippen LogP contribution in [-0.2, 0) is 0 Å². The van der Waals surface area contributed by atoms with E-state index in [9.17, 15) is 0 Å². The summed E-state index contributed by atoms with van der Waals surface area (Å²) in [7, 11) is 1.65. The topological polar surface area (TPSA) is 62.3 Å². The summed E-state index contributed by atoms with van der Waals surface area (Å²) in [6, 6.07) is 0. The van der Waals surface area contributed by atoms with E-state index in [2.05, 4.69) is 32.4 Å². The number of likely N-dealkylation sites (tertiary alicyclic amines) is 1. The van der Waals surface area contributed by atoms with Crippen molar-refractivity contribution in [2.45, 2.75) is 26.2 Å². The third kappa shape index (κ3) is 3.96. The van der Waals surface area contributed by atoms with Gasteiger partial charge >= 0.3 is 0 Å². The van der Waals surface area contributed by atoms with E-state index in [0.717, 1.165) is 37.7 Å². The highest BCUT2D eigenvalue weighted by molar-refractivity contribution is 5.63. The molecule has 1 fully saturated rings. The molecule has 1 aromatic rings. The van der Waals surface area contributed by atoms with Gasteiger partial charge in [-0.15, -0.1) is 0 Å². The monoisotopic (exact) mass is 279 g/mol. The van der Waals surface area contributed by atoms with Crippen molar-refractivity contribution in [1.82, 2.24) is 14.9 Å². The Hall–Kier alpha value is -1.56. The lowest BCUT2D eigenvalue weighted by molar-refractivity contribution is 0.352. The highest BCUT2D eigenvalue weighted by atomic mass is 16.5. The summed E-state index contributed by atoms with van der Waals surface area (Å²) < 4.78 is 5.43. The summed E-state index contributed by atoms with van der Waals surface area (Å²) in [5.41, 5.74) is 0. The minimum atomic E-state index is 0.697. The number of ether oxygens (including phenoxy) is 1. The molecule has 1 aliphatic rings. The second-order valence-corrected chi connectivity index (χ2v) is 5.01. The van der Waals surface area contributed by atoms with Crippen LogP contribution in [0.5, 0.6) is 5.75 Å². The molecule has 112 valence electrons. The maximum absolute atomic E-state index is 5.43. The van der Waals surface area contributed by atoms with Crippen molar-refractivity contribution in [3.63, 3.8) is 0 Å². The molecule has 2 N–H and O–H groups in total. The number of rotatable bonds is 8. The molecule has 2 rings (SSSR count). The van der Waals surface area contributed by atoms with Crippen LogP contribution in [0.4, 0.5) is 11.6 Å². The molecule has 1 aliphatic heterocycles. The van der Waals surface area contributed by atoms with Gasteiger partial charge in [-0.25, -0.2) is 9.97 Å². The predicted octanol–water partition coefficient (Wildman–Crippen LogP) is 1.81. The molecule has 0 radical (unpaired) electrons. The normalized spacial score (nSPS) is 15.3. The minimum Gasteiger partial charge on any atom is -0.490 e. The number of hydrogen-bond acceptors (Lipinski definition) is 6. The third-order valence-electron chi connectivity index (χ3n) is 3.47. The average molecular weight is 279 g/mol. The van der Waals surface area contributed by atoms with Crippen LogP contribution in [0.1, 0.15) is 26.2 Å². The molecule has 0 aromatic carbocycles. The van der Waals surface area contributed by atoms with Crippen LogP contribution < -0.4 is 15.4 Å². The van der Waals surface area contributed by atoms with Gasteiger partial charge in [0.1, 0.15) is 6.33 Å². The standard InChI is InChI=1S/C14H25N5O/c1-3-6-15-13-12(20-2)14(18-11-17-13)16-7-10-19-8-4-5-9-19/h11H,3-10H2,1-2H3,(H2,15,16,17,18). The second-order valence-electron chi connectivity index (χ2n) is 5.01. The molecule has 1 saturated heterocycles. The lowest BCUT2D eigenvalue weighted by Gasteiger charge is -2.17.